The van der Waals surface area contributed by atoms with E-state index in [0.29, 0.717) is 10.0 Å². The van der Waals surface area contributed by atoms with Crippen LogP contribution in [0.3, 0.4) is 0 Å². The molecule has 3 nitrogen and oxygen atoms in total. The first-order chi connectivity index (χ1) is 7.87. The van der Waals surface area contributed by atoms with Gasteiger partial charge in [0.25, 0.3) is 0 Å². The largest absolute Gasteiger partial charge is 0.391 e. The summed E-state index contributed by atoms with van der Waals surface area (Å²) in [4.78, 5) is 0.806. The average Bonchev–Trinajstić information content (AvgIpc) is 2.46. The number of benzene rings is 1. The molecule has 2 unspecified atom stereocenters. The van der Waals surface area contributed by atoms with Crippen molar-refractivity contribution in [2.45, 2.75) is 16.2 Å². The number of hydrogen-bond donors (Lipinski definition) is 1. The Labute approximate surface area is 114 Å². The molecule has 0 spiro atoms. The second-order valence-corrected chi connectivity index (χ2v) is 8.16. The summed E-state index contributed by atoms with van der Waals surface area (Å²) in [5, 5.41) is 10.2. The summed E-state index contributed by atoms with van der Waals surface area (Å²) in [6, 6.07) is 5.09. The second kappa shape index (κ2) is 4.97. The highest BCUT2D eigenvalue weighted by atomic mass is 35.5. The Balaban J connectivity index is 2.14. The number of halogens is 2. The lowest BCUT2D eigenvalue weighted by atomic mass is 10.3. The highest BCUT2D eigenvalue weighted by Gasteiger charge is 2.36. The number of hydrogen-bond acceptors (Lipinski definition) is 4. The molecule has 1 heterocycles. The van der Waals surface area contributed by atoms with Crippen LogP contribution in [-0.2, 0) is 9.84 Å². The van der Waals surface area contributed by atoms with Gasteiger partial charge in [0.2, 0.25) is 0 Å². The quantitative estimate of drug-likeness (QED) is 0.910. The maximum atomic E-state index is 11.3. The molecule has 0 bridgehead atoms. The minimum atomic E-state index is -3.11. The molecule has 1 saturated heterocycles. The van der Waals surface area contributed by atoms with Crippen molar-refractivity contribution in [2.75, 3.05) is 11.5 Å². The van der Waals surface area contributed by atoms with Gasteiger partial charge in [-0.1, -0.05) is 23.2 Å². The highest BCUT2D eigenvalue weighted by Crippen LogP contribution is 2.34. The molecule has 94 valence electrons. The summed E-state index contributed by atoms with van der Waals surface area (Å²) in [7, 11) is -3.11. The summed E-state index contributed by atoms with van der Waals surface area (Å²) in [6.45, 7) is 0. The van der Waals surface area contributed by atoms with Crippen LogP contribution in [0.15, 0.2) is 23.1 Å². The van der Waals surface area contributed by atoms with Crippen LogP contribution < -0.4 is 0 Å². The van der Waals surface area contributed by atoms with E-state index in [-0.39, 0.29) is 16.8 Å². The molecule has 2 atom stereocenters. The van der Waals surface area contributed by atoms with E-state index in [1.54, 1.807) is 18.2 Å². The standard InChI is InChI=1S/C10H10Cl2O3S2/c11-7-2-1-6(3-8(7)12)16-10-5-17(14,15)4-9(10)13/h1-3,9-10,13H,4-5H2. The average molecular weight is 313 g/mol. The van der Waals surface area contributed by atoms with Crippen molar-refractivity contribution < 1.29 is 13.5 Å². The molecule has 1 fully saturated rings. The van der Waals surface area contributed by atoms with Crippen LogP contribution in [0, 0.1) is 0 Å². The SMILES string of the molecule is O=S1(=O)CC(O)C(Sc2ccc(Cl)c(Cl)c2)C1. The fraction of sp³-hybridized carbons (Fsp3) is 0.400. The zero-order valence-corrected chi connectivity index (χ0v) is 11.8. The van der Waals surface area contributed by atoms with Crippen molar-refractivity contribution >= 4 is 44.8 Å². The van der Waals surface area contributed by atoms with Gasteiger partial charge < -0.3 is 5.11 Å². The molecule has 17 heavy (non-hydrogen) atoms. The van der Waals surface area contributed by atoms with Gasteiger partial charge >= 0.3 is 0 Å². The monoisotopic (exact) mass is 312 g/mol. The molecule has 1 N–H and O–H groups in total. The second-order valence-electron chi connectivity index (χ2n) is 3.88. The first kappa shape index (κ1) is 13.5. The lowest BCUT2D eigenvalue weighted by molar-refractivity contribution is 0.207. The molecule has 2 rings (SSSR count). The van der Waals surface area contributed by atoms with Crippen LogP contribution in [-0.4, -0.2) is 36.4 Å². The number of thioether (sulfide) groups is 1. The van der Waals surface area contributed by atoms with Crippen LogP contribution in [0.2, 0.25) is 10.0 Å². The third kappa shape index (κ3) is 3.29. The summed E-state index contributed by atoms with van der Waals surface area (Å²) >= 11 is 13.0. The Morgan fingerprint density at radius 3 is 2.47 bits per heavy atom. The number of aliphatic hydroxyl groups excluding tert-OH is 1. The minimum absolute atomic E-state index is 0.000914. The Hall–Kier alpha value is 0.0600. The molecule has 1 aromatic carbocycles. The Morgan fingerprint density at radius 1 is 1.24 bits per heavy atom. The molecule has 1 aliphatic rings. The van der Waals surface area contributed by atoms with E-state index in [2.05, 4.69) is 0 Å². The number of rotatable bonds is 2. The van der Waals surface area contributed by atoms with Crippen LogP contribution in [0.25, 0.3) is 0 Å². The van der Waals surface area contributed by atoms with E-state index in [0.717, 1.165) is 4.90 Å². The van der Waals surface area contributed by atoms with Gasteiger partial charge in [0.1, 0.15) is 0 Å². The third-order valence-electron chi connectivity index (χ3n) is 2.45. The first-order valence-electron chi connectivity index (χ1n) is 4.87. The Morgan fingerprint density at radius 2 is 1.94 bits per heavy atom. The van der Waals surface area contributed by atoms with Crippen LogP contribution in [0.4, 0.5) is 0 Å². The van der Waals surface area contributed by atoms with Gasteiger partial charge in [-0.15, -0.1) is 11.8 Å². The normalized spacial score (nSPS) is 27.2. The highest BCUT2D eigenvalue weighted by molar-refractivity contribution is 8.02. The van der Waals surface area contributed by atoms with E-state index in [4.69, 9.17) is 23.2 Å². The van der Waals surface area contributed by atoms with Crippen molar-refractivity contribution in [1.29, 1.82) is 0 Å². The number of sulfone groups is 1. The van der Waals surface area contributed by atoms with Crippen LogP contribution in [0.5, 0.6) is 0 Å². The van der Waals surface area contributed by atoms with Gasteiger partial charge in [-0.05, 0) is 18.2 Å². The van der Waals surface area contributed by atoms with E-state index in [9.17, 15) is 13.5 Å². The van der Waals surface area contributed by atoms with Gasteiger partial charge in [-0.25, -0.2) is 8.42 Å². The summed E-state index contributed by atoms with van der Waals surface area (Å²) in [5.74, 6) is -0.162. The molecule has 7 heteroatoms. The maximum absolute atomic E-state index is 11.3. The van der Waals surface area contributed by atoms with E-state index in [1.165, 1.54) is 11.8 Å². The predicted molar refractivity (Wildman–Crippen MR) is 70.8 cm³/mol. The van der Waals surface area contributed by atoms with E-state index < -0.39 is 15.9 Å². The van der Waals surface area contributed by atoms with Crippen LogP contribution in [0.1, 0.15) is 0 Å². The van der Waals surface area contributed by atoms with Gasteiger partial charge in [-0.3, -0.25) is 0 Å². The topological polar surface area (TPSA) is 54.4 Å². The van der Waals surface area contributed by atoms with Crippen molar-refractivity contribution in [3.05, 3.63) is 28.2 Å². The fourth-order valence-corrected chi connectivity index (χ4v) is 5.56. The number of aliphatic hydroxyl groups is 1. The van der Waals surface area contributed by atoms with E-state index in [1.807, 2.05) is 0 Å². The van der Waals surface area contributed by atoms with Crippen molar-refractivity contribution in [3.63, 3.8) is 0 Å². The van der Waals surface area contributed by atoms with Crippen molar-refractivity contribution in [1.82, 2.24) is 0 Å². The van der Waals surface area contributed by atoms with Gasteiger partial charge in [-0.2, -0.15) is 0 Å². The summed E-state index contributed by atoms with van der Waals surface area (Å²) < 4.78 is 22.7. The molecule has 1 aliphatic heterocycles. The molecule has 1 aromatic rings. The molecule has 0 aromatic heterocycles. The summed E-state index contributed by atoms with van der Waals surface area (Å²) in [5.41, 5.74) is 0. The zero-order chi connectivity index (χ0) is 12.6. The molecule has 0 aliphatic carbocycles. The third-order valence-corrected chi connectivity index (χ3v) is 6.43. The van der Waals surface area contributed by atoms with Crippen molar-refractivity contribution in [2.24, 2.45) is 0 Å². The molecule has 0 amide bonds. The smallest absolute Gasteiger partial charge is 0.154 e. The lowest BCUT2D eigenvalue weighted by Crippen LogP contribution is -2.19. The lowest BCUT2D eigenvalue weighted by Gasteiger charge is -2.12. The Kier molecular flexibility index (Phi) is 3.95. The molecule has 0 radical (unpaired) electrons. The van der Waals surface area contributed by atoms with Gasteiger partial charge in [0.05, 0.1) is 32.9 Å². The molecular formula is C10H10Cl2O3S2. The molecule has 0 saturated carbocycles. The van der Waals surface area contributed by atoms with Gasteiger partial charge in [0.15, 0.2) is 9.84 Å². The minimum Gasteiger partial charge on any atom is -0.391 e. The predicted octanol–water partition coefficient (Wildman–Crippen LogP) is 2.24. The first-order valence-corrected chi connectivity index (χ1v) is 8.33. The van der Waals surface area contributed by atoms with Gasteiger partial charge in [0, 0.05) is 4.90 Å². The van der Waals surface area contributed by atoms with E-state index >= 15 is 0 Å². The van der Waals surface area contributed by atoms with Crippen molar-refractivity contribution in [3.8, 4) is 0 Å². The zero-order valence-electron chi connectivity index (χ0n) is 8.64. The fourth-order valence-electron chi connectivity index (χ4n) is 1.63. The molecular weight excluding hydrogens is 303 g/mol. The maximum Gasteiger partial charge on any atom is 0.154 e. The van der Waals surface area contributed by atoms with Crippen LogP contribution >= 0.6 is 35.0 Å². The Bertz CT molecular complexity index is 530. The summed E-state index contributed by atoms with van der Waals surface area (Å²) in [6.07, 6.45) is -0.820.